The molecular formula is C16H14FN7. The zero-order valence-corrected chi connectivity index (χ0v) is 12.8. The van der Waals surface area contributed by atoms with E-state index >= 15 is 0 Å². The first kappa shape index (κ1) is 14.6. The molecule has 0 saturated heterocycles. The van der Waals surface area contributed by atoms with Crippen molar-refractivity contribution >= 4 is 5.95 Å². The van der Waals surface area contributed by atoms with Crippen molar-refractivity contribution in [2.24, 2.45) is 0 Å². The van der Waals surface area contributed by atoms with Gasteiger partial charge in [-0.3, -0.25) is 0 Å². The Labute approximate surface area is 137 Å². The molecule has 3 aromatic heterocycles. The fraction of sp³-hybridized carbons (Fsp3) is 0.250. The Hall–Kier alpha value is -3.03. The van der Waals surface area contributed by atoms with Crippen molar-refractivity contribution < 1.29 is 4.39 Å². The van der Waals surface area contributed by atoms with Gasteiger partial charge in [0.2, 0.25) is 5.95 Å². The number of nitrogens with zero attached hydrogens (tertiary/aromatic N) is 7. The molecule has 0 unspecified atom stereocenters. The maximum absolute atomic E-state index is 13.0. The highest BCUT2D eigenvalue weighted by Crippen LogP contribution is 2.25. The van der Waals surface area contributed by atoms with Crippen LogP contribution in [-0.4, -0.2) is 43.0 Å². The van der Waals surface area contributed by atoms with Crippen molar-refractivity contribution in [3.63, 3.8) is 0 Å². The van der Waals surface area contributed by atoms with Crippen molar-refractivity contribution in [3.8, 4) is 11.3 Å². The molecular weight excluding hydrogens is 309 g/mol. The molecule has 4 rings (SSSR count). The van der Waals surface area contributed by atoms with Crippen molar-refractivity contribution in [1.82, 2.24) is 29.9 Å². The second kappa shape index (κ2) is 6.23. The summed E-state index contributed by atoms with van der Waals surface area (Å²) in [4.78, 5) is 27.2. The molecule has 7 nitrogen and oxygen atoms in total. The lowest BCUT2D eigenvalue weighted by atomic mass is 10.0. The van der Waals surface area contributed by atoms with Gasteiger partial charge in [0.15, 0.2) is 5.82 Å². The fourth-order valence-corrected chi connectivity index (χ4v) is 2.87. The molecule has 0 amide bonds. The maximum Gasteiger partial charge on any atom is 0.225 e. The molecule has 8 heteroatoms. The van der Waals surface area contributed by atoms with Gasteiger partial charge in [-0.1, -0.05) is 0 Å². The minimum atomic E-state index is -0.436. The van der Waals surface area contributed by atoms with Gasteiger partial charge in [0.25, 0.3) is 0 Å². The van der Waals surface area contributed by atoms with E-state index in [1.165, 1.54) is 18.7 Å². The van der Waals surface area contributed by atoms with E-state index in [0.717, 1.165) is 41.9 Å². The van der Waals surface area contributed by atoms with Gasteiger partial charge >= 0.3 is 0 Å². The number of fused-ring (bicyclic) bond motifs is 1. The third-order valence-corrected chi connectivity index (χ3v) is 4.01. The van der Waals surface area contributed by atoms with Crippen LogP contribution in [0.25, 0.3) is 11.3 Å². The zero-order valence-electron chi connectivity index (χ0n) is 12.8. The zero-order chi connectivity index (χ0) is 16.4. The molecule has 4 heterocycles. The Balaban J connectivity index is 1.65. The highest BCUT2D eigenvalue weighted by atomic mass is 19.1. The van der Waals surface area contributed by atoms with Gasteiger partial charge in [-0.25, -0.2) is 34.3 Å². The summed E-state index contributed by atoms with van der Waals surface area (Å²) < 4.78 is 13.0. The van der Waals surface area contributed by atoms with Gasteiger partial charge in [0.05, 0.1) is 18.1 Å². The predicted molar refractivity (Wildman–Crippen MR) is 84.7 cm³/mol. The molecule has 0 radical (unpaired) electrons. The normalized spacial score (nSPS) is 14.1. The molecule has 3 aromatic rings. The van der Waals surface area contributed by atoms with Gasteiger partial charge in [0, 0.05) is 48.7 Å². The van der Waals surface area contributed by atoms with Gasteiger partial charge in [-0.15, -0.1) is 0 Å². The van der Waals surface area contributed by atoms with Crippen molar-refractivity contribution in [2.75, 3.05) is 18.0 Å². The van der Waals surface area contributed by atoms with E-state index in [0.29, 0.717) is 12.5 Å². The van der Waals surface area contributed by atoms with E-state index in [4.69, 9.17) is 0 Å². The third kappa shape index (κ3) is 2.78. The van der Waals surface area contributed by atoms with Crippen LogP contribution < -0.4 is 4.90 Å². The number of hydrogen-bond donors (Lipinski definition) is 0. The molecule has 24 heavy (non-hydrogen) atoms. The lowest BCUT2D eigenvalue weighted by Crippen LogP contribution is -2.27. The average molecular weight is 323 g/mol. The summed E-state index contributed by atoms with van der Waals surface area (Å²) in [5.74, 6) is 0.0934. The Morgan fingerprint density at radius 1 is 0.833 bits per heavy atom. The minimum absolute atomic E-state index is 0.436. The molecule has 0 saturated carbocycles. The number of hydrogen-bond acceptors (Lipinski definition) is 7. The van der Waals surface area contributed by atoms with E-state index in [1.54, 1.807) is 18.7 Å². The van der Waals surface area contributed by atoms with Gasteiger partial charge in [-0.2, -0.15) is 0 Å². The Kier molecular flexibility index (Phi) is 3.78. The SMILES string of the molecule is Fc1cnc(N2CCc3ncnc(-c4cncnc4)c3CC2)nc1. The van der Waals surface area contributed by atoms with E-state index < -0.39 is 5.82 Å². The molecule has 120 valence electrons. The van der Waals surface area contributed by atoms with Crippen molar-refractivity contribution in [1.29, 1.82) is 0 Å². The highest BCUT2D eigenvalue weighted by molar-refractivity contribution is 5.62. The number of aromatic nitrogens is 6. The lowest BCUT2D eigenvalue weighted by molar-refractivity contribution is 0.610. The van der Waals surface area contributed by atoms with Crippen LogP contribution in [-0.2, 0) is 12.8 Å². The topological polar surface area (TPSA) is 80.6 Å². The molecule has 0 bridgehead atoms. The van der Waals surface area contributed by atoms with Gasteiger partial charge < -0.3 is 4.90 Å². The smallest absolute Gasteiger partial charge is 0.225 e. The lowest BCUT2D eigenvalue weighted by Gasteiger charge is -2.19. The van der Waals surface area contributed by atoms with Crippen LogP contribution in [0.3, 0.4) is 0 Å². The second-order valence-corrected chi connectivity index (χ2v) is 5.46. The van der Waals surface area contributed by atoms with E-state index in [1.807, 2.05) is 4.90 Å². The molecule has 1 aliphatic rings. The molecule has 0 aromatic carbocycles. The Bertz CT molecular complexity index is 839. The minimum Gasteiger partial charge on any atom is -0.340 e. The molecule has 0 fully saturated rings. The van der Waals surface area contributed by atoms with Crippen LogP contribution >= 0.6 is 0 Å². The fourth-order valence-electron chi connectivity index (χ4n) is 2.87. The summed E-state index contributed by atoms with van der Waals surface area (Å²) >= 11 is 0. The molecule has 0 aliphatic carbocycles. The summed E-state index contributed by atoms with van der Waals surface area (Å²) in [6, 6.07) is 0. The first-order chi connectivity index (χ1) is 11.8. The molecule has 0 N–H and O–H groups in total. The van der Waals surface area contributed by atoms with Gasteiger partial charge in [0.1, 0.15) is 12.7 Å². The summed E-state index contributed by atoms with van der Waals surface area (Å²) in [5, 5.41) is 0. The maximum atomic E-state index is 13.0. The van der Waals surface area contributed by atoms with Crippen LogP contribution in [0.15, 0.2) is 37.4 Å². The van der Waals surface area contributed by atoms with E-state index in [9.17, 15) is 4.39 Å². The van der Waals surface area contributed by atoms with Crippen LogP contribution in [0.2, 0.25) is 0 Å². The Morgan fingerprint density at radius 3 is 2.38 bits per heavy atom. The average Bonchev–Trinajstić information content (AvgIpc) is 2.86. The summed E-state index contributed by atoms with van der Waals surface area (Å²) in [7, 11) is 0. The van der Waals surface area contributed by atoms with Crippen molar-refractivity contribution in [3.05, 3.63) is 54.5 Å². The number of halogens is 1. The number of anilines is 1. The second-order valence-electron chi connectivity index (χ2n) is 5.46. The third-order valence-electron chi connectivity index (χ3n) is 4.01. The quantitative estimate of drug-likeness (QED) is 0.706. The molecule has 1 aliphatic heterocycles. The van der Waals surface area contributed by atoms with Gasteiger partial charge in [-0.05, 0) is 6.42 Å². The largest absolute Gasteiger partial charge is 0.340 e. The number of rotatable bonds is 2. The molecule has 0 spiro atoms. The molecule has 0 atom stereocenters. The predicted octanol–water partition coefficient (Wildman–Crippen LogP) is 1.47. The van der Waals surface area contributed by atoms with E-state index in [2.05, 4.69) is 29.9 Å². The van der Waals surface area contributed by atoms with Crippen molar-refractivity contribution in [2.45, 2.75) is 12.8 Å². The summed E-state index contributed by atoms with van der Waals surface area (Å²) in [5.41, 5.74) is 3.84. The van der Waals surface area contributed by atoms with Crippen LogP contribution in [0.5, 0.6) is 0 Å². The monoisotopic (exact) mass is 323 g/mol. The van der Waals surface area contributed by atoms with Crippen LogP contribution in [0.4, 0.5) is 10.3 Å². The summed E-state index contributed by atoms with van der Waals surface area (Å²) in [6.45, 7) is 1.44. The standard InChI is InChI=1S/C16H14FN7/c17-12-7-20-16(21-8-12)24-3-1-13-14(2-4-24)22-10-23-15(13)11-5-18-9-19-6-11/h5-10H,1-4H2. The highest BCUT2D eigenvalue weighted by Gasteiger charge is 2.20. The Morgan fingerprint density at radius 2 is 1.58 bits per heavy atom. The van der Waals surface area contributed by atoms with Crippen LogP contribution in [0.1, 0.15) is 11.3 Å². The van der Waals surface area contributed by atoms with Crippen LogP contribution in [0, 0.1) is 5.82 Å². The first-order valence-electron chi connectivity index (χ1n) is 7.62. The first-order valence-corrected chi connectivity index (χ1v) is 7.62. The van der Waals surface area contributed by atoms with E-state index in [-0.39, 0.29) is 0 Å². The summed E-state index contributed by atoms with van der Waals surface area (Å²) in [6.07, 6.45) is 10.4.